The number of benzene rings is 4. The lowest BCUT2D eigenvalue weighted by Gasteiger charge is -2.13. The van der Waals surface area contributed by atoms with Crippen molar-refractivity contribution >= 4 is 35.0 Å². The van der Waals surface area contributed by atoms with Gasteiger partial charge in [-0.25, -0.2) is 0 Å². The summed E-state index contributed by atoms with van der Waals surface area (Å²) >= 11 is 5.98. The van der Waals surface area contributed by atoms with E-state index in [0.29, 0.717) is 46.7 Å². The number of para-hydroxylation sites is 1. The number of rotatable bonds is 8. The number of amides is 1. The van der Waals surface area contributed by atoms with Crippen molar-refractivity contribution < 1.29 is 14.3 Å². The molecular formula is C31H25ClN2O3. The summed E-state index contributed by atoms with van der Waals surface area (Å²) in [6, 6.07) is 32.3. The largest absolute Gasteiger partial charge is 0.490 e. The van der Waals surface area contributed by atoms with Crippen molar-refractivity contribution in [1.29, 1.82) is 0 Å². The average Bonchev–Trinajstić information content (AvgIpc) is 3.26. The second kappa shape index (κ2) is 11.1. The number of ether oxygens (including phenoxy) is 2. The number of carbonyl (C=O) groups is 1. The molecule has 0 fully saturated rings. The summed E-state index contributed by atoms with van der Waals surface area (Å²) in [7, 11) is 0. The van der Waals surface area contributed by atoms with Crippen LogP contribution in [0.1, 0.15) is 23.6 Å². The lowest BCUT2D eigenvalue weighted by molar-refractivity contribution is -0.114. The highest BCUT2D eigenvalue weighted by Crippen LogP contribution is 2.32. The van der Waals surface area contributed by atoms with Crippen LogP contribution >= 0.6 is 11.6 Å². The summed E-state index contributed by atoms with van der Waals surface area (Å²) in [5, 5.41) is 6.83. The van der Waals surface area contributed by atoms with Crippen molar-refractivity contribution in [1.82, 2.24) is 0 Å². The Hall–Kier alpha value is -4.35. The average molecular weight is 509 g/mol. The van der Waals surface area contributed by atoms with E-state index in [9.17, 15) is 4.79 Å². The summed E-state index contributed by atoms with van der Waals surface area (Å²) in [4.78, 5) is 13.5. The van der Waals surface area contributed by atoms with E-state index in [0.717, 1.165) is 16.7 Å². The molecule has 0 saturated heterocycles. The highest BCUT2D eigenvalue weighted by molar-refractivity contribution is 6.37. The van der Waals surface area contributed by atoms with Crippen molar-refractivity contribution in [3.8, 4) is 11.5 Å². The van der Waals surface area contributed by atoms with Crippen LogP contribution in [0.15, 0.2) is 114 Å². The maximum Gasteiger partial charge on any atom is 0.281 e. The van der Waals surface area contributed by atoms with Gasteiger partial charge in [-0.3, -0.25) is 4.79 Å². The zero-order valence-corrected chi connectivity index (χ0v) is 21.1. The van der Waals surface area contributed by atoms with Gasteiger partial charge in [-0.15, -0.1) is 0 Å². The molecule has 0 spiro atoms. The van der Waals surface area contributed by atoms with Gasteiger partial charge in [0.2, 0.25) is 0 Å². The van der Waals surface area contributed by atoms with Crippen LogP contribution in [0.4, 0.5) is 5.69 Å². The number of anilines is 1. The summed E-state index contributed by atoms with van der Waals surface area (Å²) < 4.78 is 11.9. The first-order chi connectivity index (χ1) is 18.1. The summed E-state index contributed by atoms with van der Waals surface area (Å²) in [6.45, 7) is 2.79. The van der Waals surface area contributed by atoms with Crippen LogP contribution in [0.5, 0.6) is 11.5 Å². The molecule has 4 aromatic rings. The standard InChI is InChI=1S/C31H25ClN2O3/c1-2-36-29-20-23(15-18-28(29)37-21-22-13-16-25(32)17-14-22)19-27-30(24-9-5-3-6-10-24)33-34(31(27)35)26-11-7-4-8-12-26/h3-20H,2,21H2,1H3/b27-19+. The Morgan fingerprint density at radius 1 is 0.838 bits per heavy atom. The molecule has 6 heteroatoms. The van der Waals surface area contributed by atoms with Gasteiger partial charge < -0.3 is 9.47 Å². The Bertz CT molecular complexity index is 1450. The van der Waals surface area contributed by atoms with E-state index in [-0.39, 0.29) is 5.91 Å². The van der Waals surface area contributed by atoms with Gasteiger partial charge in [-0.2, -0.15) is 10.1 Å². The Kier molecular flexibility index (Phi) is 7.33. The number of hydrazone groups is 1. The van der Waals surface area contributed by atoms with Crippen molar-refractivity contribution in [3.63, 3.8) is 0 Å². The first-order valence-corrected chi connectivity index (χ1v) is 12.4. The van der Waals surface area contributed by atoms with Gasteiger partial charge >= 0.3 is 0 Å². The Morgan fingerprint density at radius 3 is 2.24 bits per heavy atom. The molecule has 0 atom stereocenters. The smallest absolute Gasteiger partial charge is 0.281 e. The van der Waals surface area contributed by atoms with Gasteiger partial charge in [0.15, 0.2) is 11.5 Å². The summed E-state index contributed by atoms with van der Waals surface area (Å²) in [6.07, 6.45) is 1.85. The van der Waals surface area contributed by atoms with Crippen molar-refractivity contribution in [2.45, 2.75) is 13.5 Å². The second-order valence-corrected chi connectivity index (χ2v) is 8.82. The third-order valence-electron chi connectivity index (χ3n) is 5.81. The maximum absolute atomic E-state index is 13.5. The normalized spacial score (nSPS) is 14.1. The predicted octanol–water partition coefficient (Wildman–Crippen LogP) is 7.15. The molecule has 0 aliphatic carbocycles. The predicted molar refractivity (Wildman–Crippen MR) is 148 cm³/mol. The molecule has 5 rings (SSSR count). The number of nitrogens with zero attached hydrogens (tertiary/aromatic N) is 2. The van der Waals surface area contributed by atoms with Gasteiger partial charge in [0.25, 0.3) is 5.91 Å². The van der Waals surface area contributed by atoms with E-state index >= 15 is 0 Å². The second-order valence-electron chi connectivity index (χ2n) is 8.38. The number of carbonyl (C=O) groups excluding carboxylic acids is 1. The van der Waals surface area contributed by atoms with Crippen molar-refractivity contribution in [3.05, 3.63) is 130 Å². The fraction of sp³-hybridized carbons (Fsp3) is 0.0968. The first-order valence-electron chi connectivity index (χ1n) is 12.0. The lowest BCUT2D eigenvalue weighted by Crippen LogP contribution is -2.21. The molecule has 37 heavy (non-hydrogen) atoms. The number of halogens is 1. The fourth-order valence-corrected chi connectivity index (χ4v) is 4.13. The Morgan fingerprint density at radius 2 is 1.54 bits per heavy atom. The molecule has 0 aromatic heterocycles. The molecule has 1 heterocycles. The molecule has 5 nitrogen and oxygen atoms in total. The molecule has 1 aliphatic rings. The van der Waals surface area contributed by atoms with Crippen molar-refractivity contribution in [2.75, 3.05) is 11.6 Å². The Labute approximate surface area is 221 Å². The minimum Gasteiger partial charge on any atom is -0.490 e. The van der Waals surface area contributed by atoms with Crippen LogP contribution in [0.25, 0.3) is 6.08 Å². The minimum absolute atomic E-state index is 0.189. The number of hydrogen-bond donors (Lipinski definition) is 0. The fourth-order valence-electron chi connectivity index (χ4n) is 4.01. The number of hydrogen-bond acceptors (Lipinski definition) is 4. The van der Waals surface area contributed by atoms with Crippen LogP contribution in [-0.4, -0.2) is 18.2 Å². The molecule has 184 valence electrons. The Balaban J connectivity index is 1.47. The summed E-state index contributed by atoms with van der Waals surface area (Å²) in [5.74, 6) is 1.04. The van der Waals surface area contributed by atoms with E-state index < -0.39 is 0 Å². The zero-order valence-electron chi connectivity index (χ0n) is 20.3. The third kappa shape index (κ3) is 5.57. The molecule has 0 radical (unpaired) electrons. The van der Waals surface area contributed by atoms with Crippen LogP contribution in [0.2, 0.25) is 5.02 Å². The molecule has 0 N–H and O–H groups in total. The molecule has 4 aromatic carbocycles. The van der Waals surface area contributed by atoms with Crippen LogP contribution < -0.4 is 14.5 Å². The molecular weight excluding hydrogens is 484 g/mol. The van der Waals surface area contributed by atoms with Crippen molar-refractivity contribution in [2.24, 2.45) is 5.10 Å². The van der Waals surface area contributed by atoms with E-state index in [4.69, 9.17) is 26.2 Å². The van der Waals surface area contributed by atoms with E-state index in [1.807, 2.05) is 116 Å². The maximum atomic E-state index is 13.5. The third-order valence-corrected chi connectivity index (χ3v) is 6.06. The van der Waals surface area contributed by atoms with E-state index in [1.54, 1.807) is 0 Å². The molecule has 1 amide bonds. The molecule has 0 unspecified atom stereocenters. The molecule has 1 aliphatic heterocycles. The quantitative estimate of drug-likeness (QED) is 0.237. The van der Waals surface area contributed by atoms with Crippen LogP contribution in [0, 0.1) is 0 Å². The highest BCUT2D eigenvalue weighted by Gasteiger charge is 2.32. The van der Waals surface area contributed by atoms with E-state index in [1.165, 1.54) is 5.01 Å². The van der Waals surface area contributed by atoms with Gasteiger partial charge in [-0.05, 0) is 60.5 Å². The van der Waals surface area contributed by atoms with Gasteiger partial charge in [-0.1, -0.05) is 78.3 Å². The molecule has 0 bridgehead atoms. The highest BCUT2D eigenvalue weighted by atomic mass is 35.5. The van der Waals surface area contributed by atoms with Gasteiger partial charge in [0, 0.05) is 10.6 Å². The SMILES string of the molecule is CCOc1cc(/C=C2/C(=O)N(c3ccccc3)N=C2c2ccccc2)ccc1OCc1ccc(Cl)cc1. The van der Waals surface area contributed by atoms with Gasteiger partial charge in [0.05, 0.1) is 17.9 Å². The van der Waals surface area contributed by atoms with Crippen LogP contribution in [-0.2, 0) is 11.4 Å². The molecule has 0 saturated carbocycles. The topological polar surface area (TPSA) is 51.1 Å². The van der Waals surface area contributed by atoms with E-state index in [2.05, 4.69) is 0 Å². The van der Waals surface area contributed by atoms with Crippen LogP contribution in [0.3, 0.4) is 0 Å². The summed E-state index contributed by atoms with van der Waals surface area (Å²) in [5.41, 5.74) is 4.52. The lowest BCUT2D eigenvalue weighted by atomic mass is 10.00. The zero-order chi connectivity index (χ0) is 25.6. The minimum atomic E-state index is -0.189. The first kappa shape index (κ1) is 24.3. The van der Waals surface area contributed by atoms with Gasteiger partial charge in [0.1, 0.15) is 12.3 Å². The monoisotopic (exact) mass is 508 g/mol.